The van der Waals surface area contributed by atoms with Gasteiger partial charge in [0.25, 0.3) is 0 Å². The number of piperazine rings is 1. The first-order valence-electron chi connectivity index (χ1n) is 8.16. The lowest BCUT2D eigenvalue weighted by molar-refractivity contribution is -0.117. The monoisotopic (exact) mass is 345 g/mol. The van der Waals surface area contributed by atoms with Gasteiger partial charge in [-0.15, -0.1) is 0 Å². The summed E-state index contributed by atoms with van der Waals surface area (Å²) in [7, 11) is 0. The number of carbonyl (C=O) groups excluding carboxylic acids is 1. The number of para-hydroxylation sites is 1. The van der Waals surface area contributed by atoms with E-state index in [9.17, 15) is 4.79 Å². The summed E-state index contributed by atoms with van der Waals surface area (Å²) < 4.78 is 4.23. The van der Waals surface area contributed by atoms with Crippen LogP contribution in [-0.2, 0) is 4.79 Å². The molecule has 0 aliphatic carbocycles. The number of carbonyl (C=O) groups is 1. The van der Waals surface area contributed by atoms with Crippen molar-refractivity contribution in [3.8, 4) is 0 Å². The van der Waals surface area contributed by atoms with Crippen molar-refractivity contribution in [2.75, 3.05) is 42.9 Å². The van der Waals surface area contributed by atoms with Crippen LogP contribution in [0.2, 0.25) is 0 Å². The first-order valence-corrected chi connectivity index (χ1v) is 8.94. The molecule has 1 fully saturated rings. The number of amides is 1. The summed E-state index contributed by atoms with van der Waals surface area (Å²) in [5, 5.41) is 4.04. The van der Waals surface area contributed by atoms with Crippen molar-refractivity contribution in [2.45, 2.75) is 20.8 Å². The molecule has 7 heteroatoms. The largest absolute Gasteiger partial charge is 0.344 e. The van der Waals surface area contributed by atoms with Gasteiger partial charge in [0, 0.05) is 43.4 Å². The number of aromatic nitrogens is 2. The van der Waals surface area contributed by atoms with E-state index in [1.54, 1.807) is 0 Å². The van der Waals surface area contributed by atoms with Gasteiger partial charge in [-0.25, -0.2) is 4.98 Å². The van der Waals surface area contributed by atoms with Crippen LogP contribution in [0.4, 0.5) is 10.8 Å². The van der Waals surface area contributed by atoms with Crippen molar-refractivity contribution in [3.05, 3.63) is 35.2 Å². The smallest absolute Gasteiger partial charge is 0.238 e. The summed E-state index contributed by atoms with van der Waals surface area (Å²) in [5.74, 6) is 0.873. The fourth-order valence-corrected chi connectivity index (χ4v) is 3.63. The maximum Gasteiger partial charge on any atom is 0.238 e. The molecule has 1 aliphatic heterocycles. The summed E-state index contributed by atoms with van der Waals surface area (Å²) in [4.78, 5) is 21.2. The number of nitrogens with one attached hydrogen (secondary N) is 1. The Hall–Kier alpha value is -1.99. The first-order chi connectivity index (χ1) is 11.5. The Morgan fingerprint density at radius 1 is 1.17 bits per heavy atom. The van der Waals surface area contributed by atoms with Crippen LogP contribution in [-0.4, -0.2) is 52.9 Å². The number of benzene rings is 1. The Morgan fingerprint density at radius 2 is 1.83 bits per heavy atom. The predicted octanol–water partition coefficient (Wildman–Crippen LogP) is 2.22. The number of hydrogen-bond donors (Lipinski definition) is 1. The highest BCUT2D eigenvalue weighted by molar-refractivity contribution is 7.09. The normalized spacial score (nSPS) is 15.5. The lowest BCUT2D eigenvalue weighted by Gasteiger charge is -2.33. The molecule has 1 aromatic heterocycles. The molecule has 0 radical (unpaired) electrons. The van der Waals surface area contributed by atoms with Crippen molar-refractivity contribution >= 4 is 28.3 Å². The second-order valence-electron chi connectivity index (χ2n) is 6.20. The average molecular weight is 345 g/mol. The lowest BCUT2D eigenvalue weighted by Crippen LogP contribution is -2.48. The van der Waals surface area contributed by atoms with Gasteiger partial charge in [-0.3, -0.25) is 9.69 Å². The Morgan fingerprint density at radius 3 is 2.42 bits per heavy atom. The van der Waals surface area contributed by atoms with E-state index >= 15 is 0 Å². The van der Waals surface area contributed by atoms with Crippen LogP contribution in [0.25, 0.3) is 0 Å². The highest BCUT2D eigenvalue weighted by Gasteiger charge is 2.21. The molecule has 0 spiro atoms. The van der Waals surface area contributed by atoms with Crippen LogP contribution in [0.5, 0.6) is 0 Å². The van der Waals surface area contributed by atoms with Gasteiger partial charge in [-0.2, -0.15) is 4.37 Å². The van der Waals surface area contributed by atoms with Crippen LogP contribution in [0.15, 0.2) is 18.2 Å². The molecule has 2 heterocycles. The van der Waals surface area contributed by atoms with Crippen LogP contribution < -0.4 is 10.2 Å². The summed E-state index contributed by atoms with van der Waals surface area (Å²) in [6.07, 6.45) is 0. The molecule has 1 N–H and O–H groups in total. The predicted molar refractivity (Wildman–Crippen MR) is 97.8 cm³/mol. The third-order valence-corrected chi connectivity index (χ3v) is 5.14. The maximum absolute atomic E-state index is 12.4. The molecular formula is C17H23N5OS. The number of nitrogens with zero attached hydrogens (tertiary/aromatic N) is 4. The zero-order valence-corrected chi connectivity index (χ0v) is 15.2. The molecule has 0 unspecified atom stereocenters. The highest BCUT2D eigenvalue weighted by atomic mass is 32.1. The second kappa shape index (κ2) is 7.27. The van der Waals surface area contributed by atoms with Gasteiger partial charge in [-0.05, 0) is 31.9 Å². The highest BCUT2D eigenvalue weighted by Crippen LogP contribution is 2.20. The van der Waals surface area contributed by atoms with Gasteiger partial charge in [-0.1, -0.05) is 18.2 Å². The Kier molecular flexibility index (Phi) is 5.11. The molecule has 6 nitrogen and oxygen atoms in total. The van der Waals surface area contributed by atoms with Gasteiger partial charge in [0.15, 0.2) is 0 Å². The van der Waals surface area contributed by atoms with Gasteiger partial charge >= 0.3 is 0 Å². The van der Waals surface area contributed by atoms with E-state index in [0.717, 1.165) is 53.9 Å². The molecule has 128 valence electrons. The quantitative estimate of drug-likeness (QED) is 0.921. The molecule has 3 rings (SSSR count). The van der Waals surface area contributed by atoms with Crippen molar-refractivity contribution in [1.29, 1.82) is 0 Å². The molecule has 0 saturated carbocycles. The Labute approximate surface area is 146 Å². The summed E-state index contributed by atoms with van der Waals surface area (Å²) in [5.41, 5.74) is 3.13. The van der Waals surface area contributed by atoms with Crippen LogP contribution >= 0.6 is 11.5 Å². The van der Waals surface area contributed by atoms with E-state index < -0.39 is 0 Å². The topological polar surface area (TPSA) is 61.4 Å². The van der Waals surface area contributed by atoms with Gasteiger partial charge in [0.05, 0.1) is 6.54 Å². The van der Waals surface area contributed by atoms with Gasteiger partial charge < -0.3 is 10.2 Å². The van der Waals surface area contributed by atoms with Crippen molar-refractivity contribution < 1.29 is 4.79 Å². The van der Waals surface area contributed by atoms with Crippen molar-refractivity contribution in [1.82, 2.24) is 14.3 Å². The van der Waals surface area contributed by atoms with E-state index in [2.05, 4.69) is 24.5 Å². The number of anilines is 2. The van der Waals surface area contributed by atoms with E-state index in [0.29, 0.717) is 6.54 Å². The molecule has 1 amide bonds. The zero-order valence-electron chi connectivity index (χ0n) is 14.4. The van der Waals surface area contributed by atoms with Crippen LogP contribution in [0.3, 0.4) is 0 Å². The number of rotatable bonds is 4. The summed E-state index contributed by atoms with van der Waals surface area (Å²) in [6.45, 7) is 9.86. The molecule has 1 saturated heterocycles. The maximum atomic E-state index is 12.4. The van der Waals surface area contributed by atoms with E-state index in [4.69, 9.17) is 0 Å². The Balaban J connectivity index is 1.51. The SMILES string of the molecule is Cc1nsc(N2CCN(CC(=O)Nc3c(C)cccc3C)CC2)n1. The minimum atomic E-state index is 0.0487. The standard InChI is InChI=1S/C17H23N5OS/c1-12-5-4-6-13(2)16(12)19-15(23)11-21-7-9-22(10-8-21)17-18-14(3)20-24-17/h4-6H,7-11H2,1-3H3,(H,19,23). The lowest BCUT2D eigenvalue weighted by atomic mass is 10.1. The van der Waals surface area contributed by atoms with E-state index in [1.165, 1.54) is 11.5 Å². The molecular weight excluding hydrogens is 322 g/mol. The third kappa shape index (κ3) is 3.91. The molecule has 0 atom stereocenters. The molecule has 1 aliphatic rings. The van der Waals surface area contributed by atoms with E-state index in [1.807, 2.05) is 39.0 Å². The van der Waals surface area contributed by atoms with Crippen LogP contribution in [0.1, 0.15) is 17.0 Å². The van der Waals surface area contributed by atoms with Crippen molar-refractivity contribution in [2.24, 2.45) is 0 Å². The van der Waals surface area contributed by atoms with Gasteiger partial charge in [0.2, 0.25) is 11.0 Å². The molecule has 0 bridgehead atoms. The van der Waals surface area contributed by atoms with Crippen molar-refractivity contribution in [3.63, 3.8) is 0 Å². The summed E-state index contributed by atoms with van der Waals surface area (Å²) >= 11 is 1.44. The Bertz CT molecular complexity index is 701. The average Bonchev–Trinajstić information content (AvgIpc) is 2.98. The third-order valence-electron chi connectivity index (χ3n) is 4.27. The molecule has 2 aromatic rings. The number of aryl methyl sites for hydroxylation is 3. The minimum Gasteiger partial charge on any atom is -0.344 e. The fourth-order valence-electron chi connectivity index (χ4n) is 2.91. The molecule has 1 aromatic carbocycles. The second-order valence-corrected chi connectivity index (χ2v) is 6.93. The number of hydrogen-bond acceptors (Lipinski definition) is 6. The zero-order chi connectivity index (χ0) is 17.1. The first kappa shape index (κ1) is 16.9. The van der Waals surface area contributed by atoms with Crippen LogP contribution in [0, 0.1) is 20.8 Å². The molecule has 24 heavy (non-hydrogen) atoms. The minimum absolute atomic E-state index is 0.0487. The summed E-state index contributed by atoms with van der Waals surface area (Å²) in [6, 6.07) is 6.05. The van der Waals surface area contributed by atoms with E-state index in [-0.39, 0.29) is 5.91 Å². The van der Waals surface area contributed by atoms with Gasteiger partial charge in [0.1, 0.15) is 5.82 Å². The fraction of sp³-hybridized carbons (Fsp3) is 0.471.